The highest BCUT2D eigenvalue weighted by atomic mass is 16.2. The maximum absolute atomic E-state index is 12.8. The Morgan fingerprint density at radius 2 is 1.96 bits per heavy atom. The lowest BCUT2D eigenvalue weighted by Crippen LogP contribution is -2.58. The fraction of sp³-hybridized carbons (Fsp3) is 0.333. The normalized spacial score (nSPS) is 19.0. The lowest BCUT2D eigenvalue weighted by Gasteiger charge is -2.54. The first-order valence-corrected chi connectivity index (χ1v) is 8.21. The van der Waals surface area contributed by atoms with Crippen LogP contribution in [-0.2, 0) is 11.3 Å². The van der Waals surface area contributed by atoms with E-state index in [0.717, 1.165) is 5.56 Å². The summed E-state index contributed by atoms with van der Waals surface area (Å²) >= 11 is 0. The van der Waals surface area contributed by atoms with Gasteiger partial charge in [-0.1, -0.05) is 44.2 Å². The smallest absolute Gasteiger partial charge is 0.293 e. The first-order chi connectivity index (χ1) is 12.0. The molecular weight excluding hydrogens is 318 g/mol. The molecule has 2 aromatic heterocycles. The van der Waals surface area contributed by atoms with Gasteiger partial charge in [0.25, 0.3) is 5.56 Å². The molecule has 4 rings (SSSR count). The summed E-state index contributed by atoms with van der Waals surface area (Å²) in [7, 11) is 0. The predicted octanol–water partition coefficient (Wildman–Crippen LogP) is 1.50. The van der Waals surface area contributed by atoms with Crippen molar-refractivity contribution < 1.29 is 4.79 Å². The van der Waals surface area contributed by atoms with Gasteiger partial charge in [-0.05, 0) is 11.6 Å². The van der Waals surface area contributed by atoms with Gasteiger partial charge >= 0.3 is 0 Å². The Balaban J connectivity index is 1.60. The van der Waals surface area contributed by atoms with E-state index in [-0.39, 0.29) is 29.5 Å². The molecule has 0 radical (unpaired) electrons. The average molecular weight is 337 g/mol. The number of aromatic nitrogens is 4. The Morgan fingerprint density at radius 1 is 1.20 bits per heavy atom. The van der Waals surface area contributed by atoms with E-state index < -0.39 is 0 Å². The number of carbonyl (C=O) groups is 1. The van der Waals surface area contributed by atoms with Gasteiger partial charge in [-0.15, -0.1) is 0 Å². The Labute approximate surface area is 144 Å². The Kier molecular flexibility index (Phi) is 3.45. The maximum atomic E-state index is 12.8. The molecule has 7 heteroatoms. The molecule has 3 aromatic rings. The van der Waals surface area contributed by atoms with Gasteiger partial charge in [0.1, 0.15) is 18.4 Å². The Hall–Kier alpha value is -2.96. The summed E-state index contributed by atoms with van der Waals surface area (Å²) in [6.07, 6.45) is 2.98. The number of carbonyl (C=O) groups excluding carboxylic acids is 1. The third-order valence-electron chi connectivity index (χ3n) is 4.77. The zero-order chi connectivity index (χ0) is 17.6. The molecule has 1 aliphatic rings. The van der Waals surface area contributed by atoms with Crippen molar-refractivity contribution in [2.75, 3.05) is 6.54 Å². The highest BCUT2D eigenvalue weighted by molar-refractivity contribution is 5.78. The van der Waals surface area contributed by atoms with Crippen LogP contribution in [0.4, 0.5) is 0 Å². The van der Waals surface area contributed by atoms with Crippen LogP contribution in [0, 0.1) is 5.41 Å². The molecule has 3 heterocycles. The first-order valence-electron chi connectivity index (χ1n) is 8.21. The minimum absolute atomic E-state index is 0.00477. The average Bonchev–Trinajstić information content (AvgIpc) is 3.06. The van der Waals surface area contributed by atoms with Crippen molar-refractivity contribution in [2.24, 2.45) is 5.41 Å². The van der Waals surface area contributed by atoms with Crippen LogP contribution < -0.4 is 5.56 Å². The van der Waals surface area contributed by atoms with Gasteiger partial charge in [0.15, 0.2) is 0 Å². The molecule has 128 valence electrons. The summed E-state index contributed by atoms with van der Waals surface area (Å²) in [6.45, 7) is 4.89. The maximum Gasteiger partial charge on any atom is 0.293 e. The topological polar surface area (TPSA) is 72.5 Å². The zero-order valence-electron chi connectivity index (χ0n) is 14.2. The van der Waals surface area contributed by atoms with Crippen LogP contribution in [-0.4, -0.2) is 36.7 Å². The standard InChI is InChI=1S/C18H19N5O2/c1-18(2)11-21(16(18)13-6-4-3-5-7-13)15(24)10-22-17(25)14-8-9-19-23(14)12-20-22/h3-9,12,16H,10-11H2,1-2H3. The van der Waals surface area contributed by atoms with E-state index in [1.807, 2.05) is 35.2 Å². The molecule has 1 aliphatic heterocycles. The van der Waals surface area contributed by atoms with Gasteiger partial charge in [0.2, 0.25) is 5.91 Å². The minimum atomic E-state index is -0.315. The SMILES string of the molecule is CC1(C)CN(C(=O)Cn2ncn3nccc3c2=O)C1c1ccccc1. The number of amides is 1. The van der Waals surface area contributed by atoms with E-state index in [9.17, 15) is 9.59 Å². The molecule has 1 aromatic carbocycles. The van der Waals surface area contributed by atoms with Crippen molar-refractivity contribution in [3.05, 3.63) is 64.8 Å². The van der Waals surface area contributed by atoms with E-state index >= 15 is 0 Å². The molecule has 0 aliphatic carbocycles. The fourth-order valence-electron chi connectivity index (χ4n) is 3.63. The van der Waals surface area contributed by atoms with Crippen LogP contribution in [0.15, 0.2) is 53.7 Å². The molecule has 1 fully saturated rings. The van der Waals surface area contributed by atoms with Crippen LogP contribution in [0.3, 0.4) is 0 Å². The van der Waals surface area contributed by atoms with Gasteiger partial charge < -0.3 is 4.90 Å². The van der Waals surface area contributed by atoms with Crippen molar-refractivity contribution in [3.63, 3.8) is 0 Å². The van der Waals surface area contributed by atoms with Gasteiger partial charge in [0, 0.05) is 12.0 Å². The van der Waals surface area contributed by atoms with Crippen molar-refractivity contribution >= 4 is 11.4 Å². The summed E-state index contributed by atoms with van der Waals surface area (Å²) < 4.78 is 2.61. The molecule has 0 N–H and O–H groups in total. The molecular formula is C18H19N5O2. The zero-order valence-corrected chi connectivity index (χ0v) is 14.2. The van der Waals surface area contributed by atoms with Crippen molar-refractivity contribution in [2.45, 2.75) is 26.4 Å². The third-order valence-corrected chi connectivity index (χ3v) is 4.77. The van der Waals surface area contributed by atoms with Crippen molar-refractivity contribution in [1.82, 2.24) is 24.3 Å². The molecule has 0 spiro atoms. The largest absolute Gasteiger partial charge is 0.333 e. The lowest BCUT2D eigenvalue weighted by molar-refractivity contribution is -0.153. The molecule has 1 amide bonds. The number of likely N-dealkylation sites (tertiary alicyclic amines) is 1. The molecule has 1 unspecified atom stereocenters. The summed E-state index contributed by atoms with van der Waals surface area (Å²) in [5, 5.41) is 8.03. The molecule has 1 saturated heterocycles. The van der Waals surface area contributed by atoms with Gasteiger partial charge in [-0.25, -0.2) is 9.20 Å². The Morgan fingerprint density at radius 3 is 2.68 bits per heavy atom. The highest BCUT2D eigenvalue weighted by Gasteiger charge is 2.48. The van der Waals surface area contributed by atoms with Crippen LogP contribution >= 0.6 is 0 Å². The second kappa shape index (κ2) is 5.54. The van der Waals surface area contributed by atoms with Gasteiger partial charge in [0.05, 0.1) is 12.2 Å². The number of benzene rings is 1. The lowest BCUT2D eigenvalue weighted by atomic mass is 9.71. The number of nitrogens with zero attached hydrogens (tertiary/aromatic N) is 5. The van der Waals surface area contributed by atoms with Gasteiger partial charge in [-0.2, -0.15) is 10.2 Å². The number of hydrogen-bond donors (Lipinski definition) is 0. The van der Waals surface area contributed by atoms with Gasteiger partial charge in [-0.3, -0.25) is 9.59 Å². The van der Waals surface area contributed by atoms with Crippen LogP contribution in [0.25, 0.3) is 5.52 Å². The Bertz CT molecular complexity index is 989. The quantitative estimate of drug-likeness (QED) is 0.726. The summed E-state index contributed by atoms with van der Waals surface area (Å²) in [5.74, 6) is -0.105. The summed E-state index contributed by atoms with van der Waals surface area (Å²) in [4.78, 5) is 27.0. The van der Waals surface area contributed by atoms with E-state index in [1.165, 1.54) is 21.7 Å². The molecule has 1 atom stereocenters. The molecule has 0 bridgehead atoms. The number of fused-ring (bicyclic) bond motifs is 1. The third kappa shape index (κ3) is 2.52. The van der Waals surface area contributed by atoms with E-state index in [0.29, 0.717) is 12.1 Å². The van der Waals surface area contributed by atoms with Crippen molar-refractivity contribution in [1.29, 1.82) is 0 Å². The second-order valence-corrected chi connectivity index (χ2v) is 7.08. The van der Waals surface area contributed by atoms with E-state index in [2.05, 4.69) is 24.0 Å². The minimum Gasteiger partial charge on any atom is -0.333 e. The molecule has 0 saturated carbocycles. The monoisotopic (exact) mass is 337 g/mol. The number of hydrogen-bond acceptors (Lipinski definition) is 4. The highest BCUT2D eigenvalue weighted by Crippen LogP contribution is 2.48. The van der Waals surface area contributed by atoms with Crippen LogP contribution in [0.5, 0.6) is 0 Å². The predicted molar refractivity (Wildman–Crippen MR) is 91.9 cm³/mol. The summed E-state index contributed by atoms with van der Waals surface area (Å²) in [6, 6.07) is 11.6. The van der Waals surface area contributed by atoms with Crippen LogP contribution in [0.2, 0.25) is 0 Å². The van der Waals surface area contributed by atoms with E-state index in [1.54, 1.807) is 6.07 Å². The number of rotatable bonds is 3. The first kappa shape index (κ1) is 15.6. The molecule has 7 nitrogen and oxygen atoms in total. The fourth-order valence-corrected chi connectivity index (χ4v) is 3.63. The molecule has 25 heavy (non-hydrogen) atoms. The van der Waals surface area contributed by atoms with Crippen LogP contribution in [0.1, 0.15) is 25.5 Å². The van der Waals surface area contributed by atoms with E-state index in [4.69, 9.17) is 0 Å². The second-order valence-electron chi connectivity index (χ2n) is 7.08. The summed E-state index contributed by atoms with van der Waals surface area (Å²) in [5.41, 5.74) is 1.21. The van der Waals surface area contributed by atoms with Crippen molar-refractivity contribution in [3.8, 4) is 0 Å².